The Morgan fingerprint density at radius 2 is 1.90 bits per heavy atom. The van der Waals surface area contributed by atoms with Crippen molar-refractivity contribution in [1.29, 1.82) is 0 Å². The third kappa shape index (κ3) is 6.39. The van der Waals surface area contributed by atoms with E-state index < -0.39 is 43.8 Å². The number of halogens is 2. The van der Waals surface area contributed by atoms with Crippen LogP contribution in [0.4, 0.5) is 15.5 Å². The summed E-state index contributed by atoms with van der Waals surface area (Å²) in [6, 6.07) is 22.5. The van der Waals surface area contributed by atoms with Gasteiger partial charge in [0.15, 0.2) is 11.8 Å². The van der Waals surface area contributed by atoms with E-state index in [9.17, 15) is 19.5 Å². The van der Waals surface area contributed by atoms with E-state index in [1.54, 1.807) is 41.0 Å². The van der Waals surface area contributed by atoms with Crippen LogP contribution in [0.2, 0.25) is 18.6 Å². The first-order chi connectivity index (χ1) is 24.8. The van der Waals surface area contributed by atoms with Crippen molar-refractivity contribution in [1.82, 2.24) is 15.0 Å². The number of ether oxygens (including phenoxy) is 2. The SMILES string of the molecule is CC(=O)OC1CC(=O)N1c1cccc(CN2C(=O)[C@@]3(O[C@@H](CCn4cc(C(CO)c5ccccc5)nn4)[C@H]([Si](C)(C)F)[C@H]3C)c3cc(Br)ccc32)c1. The lowest BCUT2D eigenvalue weighted by molar-refractivity contribution is -0.154. The minimum Gasteiger partial charge on any atom is -0.441 e. The van der Waals surface area contributed by atoms with Crippen LogP contribution in [0.5, 0.6) is 0 Å². The van der Waals surface area contributed by atoms with Crippen molar-refractivity contribution in [3.8, 4) is 0 Å². The van der Waals surface area contributed by atoms with Crippen LogP contribution in [0.25, 0.3) is 0 Å². The quantitative estimate of drug-likeness (QED) is 0.0824. The van der Waals surface area contributed by atoms with Crippen LogP contribution in [0.15, 0.2) is 83.5 Å². The van der Waals surface area contributed by atoms with Crippen molar-refractivity contribution in [3.63, 3.8) is 0 Å². The Balaban J connectivity index is 1.16. The van der Waals surface area contributed by atoms with Gasteiger partial charge >= 0.3 is 5.97 Å². The Morgan fingerprint density at radius 1 is 1.13 bits per heavy atom. The van der Waals surface area contributed by atoms with Crippen molar-refractivity contribution in [3.05, 3.63) is 106 Å². The Kier molecular flexibility index (Phi) is 9.70. The normalized spacial score (nSPS) is 24.7. The first kappa shape index (κ1) is 36.1. The second kappa shape index (κ2) is 14.0. The molecule has 7 rings (SSSR count). The van der Waals surface area contributed by atoms with Crippen molar-refractivity contribution in [2.45, 2.75) is 82.3 Å². The number of rotatable bonds is 11. The van der Waals surface area contributed by atoms with E-state index in [4.69, 9.17) is 9.47 Å². The molecule has 14 heteroatoms. The molecule has 2 unspecified atom stereocenters. The molecule has 272 valence electrons. The highest BCUT2D eigenvalue weighted by Crippen LogP contribution is 2.60. The Hall–Kier alpha value is -4.24. The average Bonchev–Trinajstić information content (AvgIpc) is 3.74. The van der Waals surface area contributed by atoms with E-state index >= 15 is 4.11 Å². The molecule has 3 aliphatic rings. The zero-order valence-corrected chi connectivity index (χ0v) is 32.0. The number of anilines is 2. The number of aliphatic hydroxyl groups excluding tert-OH is 1. The summed E-state index contributed by atoms with van der Waals surface area (Å²) in [7, 11) is -3.41. The molecule has 0 radical (unpaired) electrons. The lowest BCUT2D eigenvalue weighted by atomic mass is 9.82. The van der Waals surface area contributed by atoms with Gasteiger partial charge in [-0.15, -0.1) is 5.10 Å². The standard InChI is InChI=1S/C38H41BrFN5O6Si/c1-23-36(52(3,4)40)33(15-16-43-21-31(41-42-43)29(22-46)26-10-6-5-7-11-26)51-38(23)30-18-27(39)13-14-32(30)44(37(38)49)20-25-9-8-12-28(17-25)45-34(48)19-35(45)50-24(2)47/h5-14,17-18,21,23,29,33,35-36,46H,15-16,19-20,22H2,1-4H3/t23-,29?,33+,35?,36-,38+/m1/s1. The Labute approximate surface area is 311 Å². The number of carbonyl (C=O) groups excluding carboxylic acids is 3. The van der Waals surface area contributed by atoms with Crippen LogP contribution in [-0.4, -0.2) is 65.2 Å². The molecule has 52 heavy (non-hydrogen) atoms. The summed E-state index contributed by atoms with van der Waals surface area (Å²) in [4.78, 5) is 42.1. The van der Waals surface area contributed by atoms with Crippen LogP contribution in [-0.2, 0) is 42.5 Å². The first-order valence-electron chi connectivity index (χ1n) is 17.4. The van der Waals surface area contributed by atoms with Crippen LogP contribution >= 0.6 is 15.9 Å². The number of benzene rings is 3. The molecule has 0 bridgehead atoms. The highest BCUT2D eigenvalue weighted by Gasteiger charge is 2.66. The number of hydrogen-bond acceptors (Lipinski definition) is 8. The maximum Gasteiger partial charge on any atom is 0.304 e. The molecule has 2 fully saturated rings. The van der Waals surface area contributed by atoms with E-state index in [1.165, 1.54) is 11.8 Å². The van der Waals surface area contributed by atoms with E-state index in [1.807, 2.05) is 67.6 Å². The Bertz CT molecular complexity index is 2010. The molecular formula is C38H41BrFN5O6Si. The van der Waals surface area contributed by atoms with Gasteiger partial charge in [-0.3, -0.25) is 24.0 Å². The summed E-state index contributed by atoms with van der Waals surface area (Å²) in [5.74, 6) is -1.71. The fourth-order valence-electron chi connectivity index (χ4n) is 8.31. The zero-order valence-electron chi connectivity index (χ0n) is 29.4. The topological polar surface area (TPSA) is 127 Å². The molecular weight excluding hydrogens is 749 g/mol. The molecule has 2 amide bonds. The molecule has 1 spiro atoms. The molecule has 1 aromatic heterocycles. The summed E-state index contributed by atoms with van der Waals surface area (Å²) in [5.41, 5.74) is 2.34. The van der Waals surface area contributed by atoms with Crippen molar-refractivity contribution in [2.24, 2.45) is 5.92 Å². The molecule has 3 aliphatic heterocycles. The van der Waals surface area contributed by atoms with Gasteiger partial charge in [-0.25, -0.2) is 0 Å². The maximum absolute atomic E-state index is 16.4. The number of fused-ring (bicyclic) bond motifs is 2. The van der Waals surface area contributed by atoms with Gasteiger partial charge in [-0.1, -0.05) is 70.5 Å². The molecule has 0 aliphatic carbocycles. The summed E-state index contributed by atoms with van der Waals surface area (Å²) < 4.78 is 31.1. The van der Waals surface area contributed by atoms with Crippen LogP contribution < -0.4 is 9.80 Å². The van der Waals surface area contributed by atoms with Gasteiger partial charge in [0.05, 0.1) is 43.0 Å². The van der Waals surface area contributed by atoms with E-state index in [0.717, 1.165) is 15.6 Å². The van der Waals surface area contributed by atoms with Gasteiger partial charge in [-0.05, 0) is 61.0 Å². The summed E-state index contributed by atoms with van der Waals surface area (Å²) in [6.45, 7) is 7.02. The number of nitrogens with zero attached hydrogens (tertiary/aromatic N) is 5. The Morgan fingerprint density at radius 3 is 2.60 bits per heavy atom. The fraction of sp³-hybridized carbons (Fsp3) is 0.395. The van der Waals surface area contributed by atoms with Gasteiger partial charge in [-0.2, -0.15) is 0 Å². The van der Waals surface area contributed by atoms with E-state index in [-0.39, 0.29) is 37.3 Å². The first-order valence-corrected chi connectivity index (χ1v) is 21.2. The lowest BCUT2D eigenvalue weighted by Crippen LogP contribution is -2.54. The van der Waals surface area contributed by atoms with Crippen molar-refractivity contribution < 1.29 is 33.1 Å². The van der Waals surface area contributed by atoms with Crippen LogP contribution in [0, 0.1) is 5.92 Å². The monoisotopic (exact) mass is 789 g/mol. The second-order valence-electron chi connectivity index (χ2n) is 14.4. The third-order valence-corrected chi connectivity index (χ3v) is 13.6. The summed E-state index contributed by atoms with van der Waals surface area (Å²) in [5, 5.41) is 18.8. The predicted molar refractivity (Wildman–Crippen MR) is 197 cm³/mol. The fourth-order valence-corrected chi connectivity index (χ4v) is 11.2. The zero-order chi connectivity index (χ0) is 36.9. The van der Waals surface area contributed by atoms with Crippen molar-refractivity contribution in [2.75, 3.05) is 16.4 Å². The molecule has 3 aromatic carbocycles. The highest BCUT2D eigenvalue weighted by atomic mass is 79.9. The number of aliphatic hydroxyl groups is 1. The van der Waals surface area contributed by atoms with Crippen LogP contribution in [0.3, 0.4) is 0 Å². The molecule has 4 aromatic rings. The molecule has 11 nitrogen and oxygen atoms in total. The second-order valence-corrected chi connectivity index (χ2v) is 19.1. The summed E-state index contributed by atoms with van der Waals surface area (Å²) in [6.07, 6.45) is 1.07. The van der Waals surface area contributed by atoms with Gasteiger partial charge in [0.25, 0.3) is 5.91 Å². The van der Waals surface area contributed by atoms with Crippen molar-refractivity contribution >= 4 is 53.5 Å². The number of esters is 1. The number of aryl methyl sites for hydroxylation is 1. The molecule has 2 saturated heterocycles. The maximum atomic E-state index is 16.4. The lowest BCUT2D eigenvalue weighted by Gasteiger charge is -2.39. The predicted octanol–water partition coefficient (Wildman–Crippen LogP) is 6.20. The van der Waals surface area contributed by atoms with E-state index in [0.29, 0.717) is 35.6 Å². The minimum absolute atomic E-state index is 0.111. The van der Waals surface area contributed by atoms with Gasteiger partial charge < -0.3 is 23.6 Å². The number of carbonyl (C=O) groups is 3. The third-order valence-electron chi connectivity index (χ3n) is 10.6. The van der Waals surface area contributed by atoms with E-state index in [2.05, 4.69) is 26.2 Å². The molecule has 6 atom stereocenters. The summed E-state index contributed by atoms with van der Waals surface area (Å²) >= 11 is 3.60. The number of amides is 2. The number of β-lactam (4-membered cyclic amide) rings is 1. The van der Waals surface area contributed by atoms with Crippen LogP contribution in [0.1, 0.15) is 55.0 Å². The largest absolute Gasteiger partial charge is 0.441 e. The molecule has 1 N–H and O–H groups in total. The molecule has 0 saturated carbocycles. The van der Waals surface area contributed by atoms with Gasteiger partial charge in [0.2, 0.25) is 14.3 Å². The minimum atomic E-state index is -3.41. The smallest absolute Gasteiger partial charge is 0.304 e. The number of aromatic nitrogens is 3. The highest BCUT2D eigenvalue weighted by molar-refractivity contribution is 9.10. The molecule has 4 heterocycles. The van der Waals surface area contributed by atoms with Gasteiger partial charge in [0.1, 0.15) is 0 Å². The number of hydrogen-bond donors (Lipinski definition) is 1. The average molecular weight is 791 g/mol. The van der Waals surface area contributed by atoms with Gasteiger partial charge in [0, 0.05) is 46.8 Å².